The normalized spacial score (nSPS) is 12.3. The van der Waals surface area contributed by atoms with Crippen molar-refractivity contribution in [2.75, 3.05) is 0 Å². The van der Waals surface area contributed by atoms with Crippen LogP contribution in [0.1, 0.15) is 31.4 Å². The Balaban J connectivity index is 1.88. The second-order valence-electron chi connectivity index (χ2n) is 6.48. The first kappa shape index (κ1) is 18.7. The van der Waals surface area contributed by atoms with Gasteiger partial charge in [0.1, 0.15) is 18.2 Å². The van der Waals surface area contributed by atoms with Crippen molar-refractivity contribution in [3.63, 3.8) is 0 Å². The molecule has 0 aliphatic carbocycles. The Hall–Kier alpha value is -2.10. The lowest BCUT2D eigenvalue weighted by Crippen LogP contribution is -2.24. The van der Waals surface area contributed by atoms with Gasteiger partial charge < -0.3 is 10.1 Å². The highest BCUT2D eigenvalue weighted by Crippen LogP contribution is 2.29. The molecule has 0 aliphatic heterocycles. The molecule has 0 saturated heterocycles. The summed E-state index contributed by atoms with van der Waals surface area (Å²) >= 11 is 6.12. The average molecular weight is 372 g/mol. The van der Waals surface area contributed by atoms with Crippen molar-refractivity contribution >= 4 is 22.4 Å². The first-order valence-corrected chi connectivity index (χ1v) is 9.27. The smallest absolute Gasteiger partial charge is 0.124 e. The number of fused-ring (bicyclic) bond motifs is 1. The fraction of sp³-hybridized carbons (Fsp3) is 0.273. The van der Waals surface area contributed by atoms with Crippen LogP contribution < -0.4 is 10.1 Å². The molecule has 0 aromatic heterocycles. The molecular weight excluding hydrogens is 349 g/mol. The predicted molar refractivity (Wildman–Crippen MR) is 106 cm³/mol. The maximum absolute atomic E-state index is 13.2. The van der Waals surface area contributed by atoms with Gasteiger partial charge in [-0.1, -0.05) is 54.9 Å². The Kier molecular flexibility index (Phi) is 6.12. The second kappa shape index (κ2) is 8.52. The molecule has 136 valence electrons. The minimum absolute atomic E-state index is 0.299. The largest absolute Gasteiger partial charge is 0.488 e. The summed E-state index contributed by atoms with van der Waals surface area (Å²) in [5.74, 6) is 0.475. The van der Waals surface area contributed by atoms with E-state index in [0.717, 1.165) is 29.8 Å². The Labute approximate surface area is 158 Å². The molecule has 0 fully saturated rings. The van der Waals surface area contributed by atoms with Crippen LogP contribution in [0.15, 0.2) is 54.6 Å². The van der Waals surface area contributed by atoms with E-state index in [1.165, 1.54) is 22.9 Å². The second-order valence-corrected chi connectivity index (χ2v) is 6.89. The van der Waals surface area contributed by atoms with E-state index >= 15 is 0 Å². The van der Waals surface area contributed by atoms with Crippen LogP contribution >= 0.6 is 11.6 Å². The Morgan fingerprint density at radius 1 is 1.12 bits per heavy atom. The van der Waals surface area contributed by atoms with Crippen LogP contribution in [0, 0.1) is 5.82 Å². The molecule has 1 atom stereocenters. The maximum atomic E-state index is 13.2. The molecule has 3 aromatic rings. The van der Waals surface area contributed by atoms with Gasteiger partial charge in [0.25, 0.3) is 0 Å². The van der Waals surface area contributed by atoms with E-state index in [0.29, 0.717) is 17.7 Å². The van der Waals surface area contributed by atoms with E-state index < -0.39 is 0 Å². The molecule has 0 bridgehead atoms. The van der Waals surface area contributed by atoms with Crippen LogP contribution in [-0.2, 0) is 13.2 Å². The highest BCUT2D eigenvalue weighted by molar-refractivity contribution is 6.31. The molecule has 1 N–H and O–H groups in total. The summed E-state index contributed by atoms with van der Waals surface area (Å²) in [6, 6.07) is 17.1. The number of benzene rings is 3. The Morgan fingerprint density at radius 3 is 2.69 bits per heavy atom. The molecule has 0 saturated carbocycles. The van der Waals surface area contributed by atoms with Gasteiger partial charge in [-0.2, -0.15) is 0 Å². The van der Waals surface area contributed by atoms with Gasteiger partial charge in [0.05, 0.1) is 5.02 Å². The Bertz CT molecular complexity index is 896. The highest BCUT2D eigenvalue weighted by atomic mass is 35.5. The number of hydrogen-bond acceptors (Lipinski definition) is 2. The Morgan fingerprint density at radius 2 is 1.92 bits per heavy atom. The lowest BCUT2D eigenvalue weighted by Gasteiger charge is -2.17. The van der Waals surface area contributed by atoms with Crippen LogP contribution in [0.25, 0.3) is 10.8 Å². The van der Waals surface area contributed by atoms with Gasteiger partial charge in [-0.15, -0.1) is 0 Å². The topological polar surface area (TPSA) is 21.3 Å². The highest BCUT2D eigenvalue weighted by Gasteiger charge is 2.11. The summed E-state index contributed by atoms with van der Waals surface area (Å²) in [4.78, 5) is 0. The van der Waals surface area contributed by atoms with Crippen molar-refractivity contribution in [1.82, 2.24) is 5.32 Å². The third kappa shape index (κ3) is 4.35. The van der Waals surface area contributed by atoms with Gasteiger partial charge in [0.15, 0.2) is 0 Å². The summed E-state index contributed by atoms with van der Waals surface area (Å²) in [5.41, 5.74) is 1.89. The molecule has 0 spiro atoms. The average Bonchev–Trinajstić information content (AvgIpc) is 2.65. The van der Waals surface area contributed by atoms with Crippen LogP contribution in [0.5, 0.6) is 5.75 Å². The number of hydrogen-bond donors (Lipinski definition) is 1. The maximum Gasteiger partial charge on any atom is 0.124 e. The van der Waals surface area contributed by atoms with Crippen molar-refractivity contribution < 1.29 is 9.13 Å². The van der Waals surface area contributed by atoms with Crippen molar-refractivity contribution in [3.8, 4) is 5.75 Å². The molecule has 3 rings (SSSR count). The van der Waals surface area contributed by atoms with Crippen molar-refractivity contribution in [2.24, 2.45) is 0 Å². The lowest BCUT2D eigenvalue weighted by molar-refractivity contribution is 0.302. The molecule has 0 unspecified atom stereocenters. The standard InChI is InChI=1S/C22H23ClFNO/c1-3-15(2)25-13-20-19-7-5-4-6-16(19)9-11-22(20)26-14-17-8-10-18(24)12-21(17)23/h4-12,15,25H,3,13-14H2,1-2H3/t15-/m0/s1. The summed E-state index contributed by atoms with van der Waals surface area (Å²) in [6.45, 7) is 5.36. The molecular formula is C22H23ClFNO. The SMILES string of the molecule is CC[C@H](C)NCc1c(OCc2ccc(F)cc2Cl)ccc2ccccc12. The van der Waals surface area contributed by atoms with Crippen molar-refractivity contribution in [1.29, 1.82) is 0 Å². The minimum Gasteiger partial charge on any atom is -0.488 e. The van der Waals surface area contributed by atoms with Crippen LogP contribution in [-0.4, -0.2) is 6.04 Å². The molecule has 0 radical (unpaired) electrons. The quantitative estimate of drug-likeness (QED) is 0.541. The van der Waals surface area contributed by atoms with E-state index in [4.69, 9.17) is 16.3 Å². The van der Waals surface area contributed by atoms with E-state index in [2.05, 4.69) is 37.4 Å². The summed E-state index contributed by atoms with van der Waals surface area (Å²) in [5, 5.41) is 6.28. The molecule has 0 heterocycles. The van der Waals surface area contributed by atoms with Gasteiger partial charge in [0.2, 0.25) is 0 Å². The summed E-state index contributed by atoms with van der Waals surface area (Å²) in [6.07, 6.45) is 1.06. The van der Waals surface area contributed by atoms with E-state index in [-0.39, 0.29) is 5.82 Å². The van der Waals surface area contributed by atoms with E-state index in [9.17, 15) is 4.39 Å². The van der Waals surface area contributed by atoms with Crippen LogP contribution in [0.4, 0.5) is 4.39 Å². The molecule has 4 heteroatoms. The van der Waals surface area contributed by atoms with Gasteiger partial charge in [-0.05, 0) is 42.3 Å². The molecule has 3 aromatic carbocycles. The van der Waals surface area contributed by atoms with E-state index in [1.807, 2.05) is 18.2 Å². The first-order chi connectivity index (χ1) is 12.6. The van der Waals surface area contributed by atoms with Crippen molar-refractivity contribution in [3.05, 3.63) is 76.6 Å². The number of halogens is 2. The molecule has 0 amide bonds. The van der Waals surface area contributed by atoms with Gasteiger partial charge in [0, 0.05) is 23.7 Å². The lowest BCUT2D eigenvalue weighted by atomic mass is 10.0. The molecule has 0 aliphatic rings. The zero-order chi connectivity index (χ0) is 18.5. The van der Waals surface area contributed by atoms with Gasteiger partial charge in [-0.25, -0.2) is 4.39 Å². The zero-order valence-corrected chi connectivity index (χ0v) is 15.8. The fourth-order valence-corrected chi connectivity index (χ4v) is 3.07. The third-order valence-electron chi connectivity index (χ3n) is 4.64. The van der Waals surface area contributed by atoms with E-state index in [1.54, 1.807) is 6.07 Å². The summed E-state index contributed by atoms with van der Waals surface area (Å²) < 4.78 is 19.3. The zero-order valence-electron chi connectivity index (χ0n) is 15.1. The monoisotopic (exact) mass is 371 g/mol. The fourth-order valence-electron chi connectivity index (χ4n) is 2.85. The van der Waals surface area contributed by atoms with Gasteiger partial charge >= 0.3 is 0 Å². The molecule has 2 nitrogen and oxygen atoms in total. The number of rotatable bonds is 7. The predicted octanol–water partition coefficient (Wildman–Crippen LogP) is 6.10. The first-order valence-electron chi connectivity index (χ1n) is 8.89. The van der Waals surface area contributed by atoms with Crippen LogP contribution in [0.3, 0.4) is 0 Å². The van der Waals surface area contributed by atoms with Gasteiger partial charge in [-0.3, -0.25) is 0 Å². The molecule has 26 heavy (non-hydrogen) atoms. The van der Waals surface area contributed by atoms with Crippen molar-refractivity contribution in [2.45, 2.75) is 39.5 Å². The number of ether oxygens (including phenoxy) is 1. The minimum atomic E-state index is -0.345. The third-order valence-corrected chi connectivity index (χ3v) is 4.99. The van der Waals surface area contributed by atoms with Crippen LogP contribution in [0.2, 0.25) is 5.02 Å². The summed E-state index contributed by atoms with van der Waals surface area (Å²) in [7, 11) is 0. The number of nitrogens with one attached hydrogen (secondary N) is 1.